The van der Waals surface area contributed by atoms with Crippen LogP contribution in [-0.2, 0) is 6.61 Å². The molecule has 0 atom stereocenters. The monoisotopic (exact) mass is 275 g/mol. The van der Waals surface area contributed by atoms with Crippen molar-refractivity contribution in [1.29, 1.82) is 5.26 Å². The molecule has 0 spiro atoms. The number of aryl methyl sites for hydroxylation is 1. The van der Waals surface area contributed by atoms with Gasteiger partial charge in [-0.05, 0) is 42.3 Å². The van der Waals surface area contributed by atoms with Gasteiger partial charge in [-0.25, -0.2) is 4.39 Å². The van der Waals surface area contributed by atoms with Crippen LogP contribution in [-0.4, -0.2) is 0 Å². The molecule has 2 aromatic rings. The highest BCUT2D eigenvalue weighted by Crippen LogP contribution is 2.21. The maximum Gasteiger partial charge on any atom is 0.145 e. The summed E-state index contributed by atoms with van der Waals surface area (Å²) in [6, 6.07) is 11.8. The van der Waals surface area contributed by atoms with Gasteiger partial charge in [0.15, 0.2) is 0 Å². The van der Waals surface area contributed by atoms with Gasteiger partial charge in [-0.2, -0.15) is 5.26 Å². The molecular weight excluding hydrogens is 265 g/mol. The standard InChI is InChI=1S/C15H11ClFNO/c1-10-6-11(8-18)2-3-12(10)9-19-13-4-5-14(16)15(17)7-13/h2-7H,9H2,1H3. The number of benzene rings is 2. The summed E-state index contributed by atoms with van der Waals surface area (Å²) in [5, 5.41) is 8.85. The first kappa shape index (κ1) is 13.4. The number of halogens is 2. The molecule has 0 aliphatic heterocycles. The number of rotatable bonds is 3. The van der Waals surface area contributed by atoms with Crippen molar-refractivity contribution in [2.24, 2.45) is 0 Å². The molecule has 0 amide bonds. The molecule has 2 nitrogen and oxygen atoms in total. The Morgan fingerprint density at radius 1 is 1.26 bits per heavy atom. The van der Waals surface area contributed by atoms with E-state index in [0.717, 1.165) is 11.1 Å². The molecule has 0 N–H and O–H groups in total. The zero-order valence-electron chi connectivity index (χ0n) is 10.3. The van der Waals surface area contributed by atoms with E-state index in [1.807, 2.05) is 13.0 Å². The van der Waals surface area contributed by atoms with E-state index < -0.39 is 5.82 Å². The van der Waals surface area contributed by atoms with Gasteiger partial charge in [0.25, 0.3) is 0 Å². The largest absolute Gasteiger partial charge is 0.489 e. The van der Waals surface area contributed by atoms with E-state index in [1.54, 1.807) is 18.2 Å². The predicted molar refractivity (Wildman–Crippen MR) is 71.6 cm³/mol. The van der Waals surface area contributed by atoms with Gasteiger partial charge in [0.05, 0.1) is 16.7 Å². The van der Waals surface area contributed by atoms with Crippen LogP contribution in [0.2, 0.25) is 5.02 Å². The number of ether oxygens (including phenoxy) is 1. The molecule has 0 aliphatic carbocycles. The van der Waals surface area contributed by atoms with Crippen LogP contribution >= 0.6 is 11.6 Å². The fourth-order valence-electron chi connectivity index (χ4n) is 1.66. The van der Waals surface area contributed by atoms with E-state index in [0.29, 0.717) is 17.9 Å². The quantitative estimate of drug-likeness (QED) is 0.839. The first-order chi connectivity index (χ1) is 9.10. The number of nitriles is 1. The van der Waals surface area contributed by atoms with Gasteiger partial charge in [0, 0.05) is 6.07 Å². The maximum absolute atomic E-state index is 13.2. The minimum absolute atomic E-state index is 0.0712. The van der Waals surface area contributed by atoms with Crippen LogP contribution in [0, 0.1) is 24.1 Å². The van der Waals surface area contributed by atoms with E-state index in [1.165, 1.54) is 12.1 Å². The highest BCUT2D eigenvalue weighted by molar-refractivity contribution is 6.30. The third kappa shape index (κ3) is 3.24. The average Bonchev–Trinajstić information content (AvgIpc) is 2.41. The predicted octanol–water partition coefficient (Wildman–Crippen LogP) is 4.24. The topological polar surface area (TPSA) is 33.0 Å². The molecule has 19 heavy (non-hydrogen) atoms. The van der Waals surface area contributed by atoms with Gasteiger partial charge in [-0.1, -0.05) is 17.7 Å². The summed E-state index contributed by atoms with van der Waals surface area (Å²) in [5.74, 6) is -0.0821. The molecular formula is C15H11ClFNO. The van der Waals surface area contributed by atoms with E-state index in [-0.39, 0.29) is 5.02 Å². The Morgan fingerprint density at radius 3 is 2.68 bits per heavy atom. The summed E-state index contributed by atoms with van der Waals surface area (Å²) < 4.78 is 18.7. The molecule has 2 rings (SSSR count). The second-order valence-corrected chi connectivity index (χ2v) is 4.52. The van der Waals surface area contributed by atoms with Crippen LogP contribution in [0.25, 0.3) is 0 Å². The number of hydrogen-bond acceptors (Lipinski definition) is 2. The van der Waals surface area contributed by atoms with E-state index in [9.17, 15) is 4.39 Å². The van der Waals surface area contributed by atoms with Crippen molar-refractivity contribution in [3.63, 3.8) is 0 Å². The molecule has 0 unspecified atom stereocenters. The highest BCUT2D eigenvalue weighted by atomic mass is 35.5. The van der Waals surface area contributed by atoms with Gasteiger partial charge in [-0.3, -0.25) is 0 Å². The molecule has 0 heterocycles. The van der Waals surface area contributed by atoms with Crippen LogP contribution in [0.3, 0.4) is 0 Å². The van der Waals surface area contributed by atoms with Crippen molar-refractivity contribution in [2.75, 3.05) is 0 Å². The smallest absolute Gasteiger partial charge is 0.145 e. The van der Waals surface area contributed by atoms with E-state index in [2.05, 4.69) is 6.07 Å². The lowest BCUT2D eigenvalue weighted by atomic mass is 10.1. The van der Waals surface area contributed by atoms with Gasteiger partial charge < -0.3 is 4.74 Å². The molecule has 0 saturated carbocycles. The van der Waals surface area contributed by atoms with Crippen molar-refractivity contribution < 1.29 is 9.13 Å². The summed E-state index contributed by atoms with van der Waals surface area (Å²) in [5.41, 5.74) is 2.53. The summed E-state index contributed by atoms with van der Waals surface area (Å²) >= 11 is 5.60. The summed E-state index contributed by atoms with van der Waals surface area (Å²) in [4.78, 5) is 0. The molecule has 96 valence electrons. The van der Waals surface area contributed by atoms with Crippen LogP contribution in [0.4, 0.5) is 4.39 Å². The SMILES string of the molecule is Cc1cc(C#N)ccc1COc1ccc(Cl)c(F)c1. The number of hydrogen-bond donors (Lipinski definition) is 0. The van der Waals surface area contributed by atoms with Crippen LogP contribution in [0.15, 0.2) is 36.4 Å². The van der Waals surface area contributed by atoms with Crippen molar-refractivity contribution in [1.82, 2.24) is 0 Å². The zero-order valence-corrected chi connectivity index (χ0v) is 11.0. The second-order valence-electron chi connectivity index (χ2n) is 4.12. The molecule has 0 fully saturated rings. The fraction of sp³-hybridized carbons (Fsp3) is 0.133. The summed E-state index contributed by atoms with van der Waals surface area (Å²) in [6.07, 6.45) is 0. The van der Waals surface area contributed by atoms with E-state index in [4.69, 9.17) is 21.6 Å². The molecule has 0 saturated heterocycles. The van der Waals surface area contributed by atoms with Crippen LogP contribution < -0.4 is 4.74 Å². The minimum Gasteiger partial charge on any atom is -0.489 e. The Hall–Kier alpha value is -2.05. The lowest BCUT2D eigenvalue weighted by molar-refractivity contribution is 0.304. The van der Waals surface area contributed by atoms with Crippen molar-refractivity contribution in [2.45, 2.75) is 13.5 Å². The summed E-state index contributed by atoms with van der Waals surface area (Å²) in [6.45, 7) is 2.22. The van der Waals surface area contributed by atoms with E-state index >= 15 is 0 Å². The van der Waals surface area contributed by atoms with Gasteiger partial charge >= 0.3 is 0 Å². The minimum atomic E-state index is -0.504. The van der Waals surface area contributed by atoms with Crippen molar-refractivity contribution >= 4 is 11.6 Å². The Bertz CT molecular complexity index is 649. The normalized spacial score (nSPS) is 10.0. The molecule has 0 radical (unpaired) electrons. The second kappa shape index (κ2) is 5.73. The summed E-state index contributed by atoms with van der Waals surface area (Å²) in [7, 11) is 0. The van der Waals surface area contributed by atoms with Crippen LogP contribution in [0.1, 0.15) is 16.7 Å². The molecule has 0 aromatic heterocycles. The first-order valence-electron chi connectivity index (χ1n) is 5.67. The molecule has 0 aliphatic rings. The lowest BCUT2D eigenvalue weighted by Gasteiger charge is -2.09. The molecule has 2 aromatic carbocycles. The maximum atomic E-state index is 13.2. The Balaban J connectivity index is 2.10. The molecule has 0 bridgehead atoms. The lowest BCUT2D eigenvalue weighted by Crippen LogP contribution is -1.98. The van der Waals surface area contributed by atoms with Gasteiger partial charge in [-0.15, -0.1) is 0 Å². The van der Waals surface area contributed by atoms with Crippen molar-refractivity contribution in [3.05, 3.63) is 63.9 Å². The average molecular weight is 276 g/mol. The van der Waals surface area contributed by atoms with Gasteiger partial charge in [0.2, 0.25) is 0 Å². The first-order valence-corrected chi connectivity index (χ1v) is 6.05. The zero-order chi connectivity index (χ0) is 13.8. The Kier molecular flexibility index (Phi) is 4.03. The third-order valence-electron chi connectivity index (χ3n) is 2.76. The third-order valence-corrected chi connectivity index (χ3v) is 3.06. The molecule has 4 heteroatoms. The Labute approximate surface area is 116 Å². The highest BCUT2D eigenvalue weighted by Gasteiger charge is 2.04. The fourth-order valence-corrected chi connectivity index (χ4v) is 1.77. The number of nitrogens with zero attached hydrogens (tertiary/aromatic N) is 1. The van der Waals surface area contributed by atoms with Crippen LogP contribution in [0.5, 0.6) is 5.75 Å². The Morgan fingerprint density at radius 2 is 2.05 bits per heavy atom. The van der Waals surface area contributed by atoms with Crippen molar-refractivity contribution in [3.8, 4) is 11.8 Å². The van der Waals surface area contributed by atoms with Gasteiger partial charge in [0.1, 0.15) is 18.2 Å².